The zero-order valence-corrected chi connectivity index (χ0v) is 31.5. The maximum atomic E-state index is 14.0. The van der Waals surface area contributed by atoms with Crippen molar-refractivity contribution in [1.82, 2.24) is 0 Å². The molecule has 7 rings (SSSR count). The number of hydrogen-bond acceptors (Lipinski definition) is 12. The van der Waals surface area contributed by atoms with Crippen LogP contribution in [0.15, 0.2) is 82.4 Å². The van der Waals surface area contributed by atoms with Crippen LogP contribution in [0, 0.1) is 0 Å². The van der Waals surface area contributed by atoms with Crippen molar-refractivity contribution in [2.24, 2.45) is 0 Å². The van der Waals surface area contributed by atoms with E-state index in [1.54, 1.807) is 74.5 Å². The molecule has 0 spiro atoms. The number of phenols is 2. The maximum absolute atomic E-state index is 14.0. The Morgan fingerprint density at radius 2 is 0.875 bits per heavy atom. The highest BCUT2D eigenvalue weighted by molar-refractivity contribution is 6.38. The zero-order chi connectivity index (χ0) is 40.0. The fourth-order valence-corrected chi connectivity index (χ4v) is 7.79. The first-order valence-corrected chi connectivity index (χ1v) is 17.7. The molecule has 0 aliphatic heterocycles. The van der Waals surface area contributed by atoms with Gasteiger partial charge in [-0.3, -0.25) is 9.59 Å². The summed E-state index contributed by atoms with van der Waals surface area (Å²) in [6.45, 7) is 3.35. The predicted molar refractivity (Wildman–Crippen MR) is 211 cm³/mol. The van der Waals surface area contributed by atoms with Gasteiger partial charge in [0.2, 0.25) is 0 Å². The molecule has 2 N–H and O–H groups in total. The van der Waals surface area contributed by atoms with Gasteiger partial charge >= 0.3 is 11.9 Å². The molecule has 12 heteroatoms. The number of benzene rings is 7. The van der Waals surface area contributed by atoms with Gasteiger partial charge in [-0.05, 0) is 48.9 Å². The molecule has 0 aliphatic carbocycles. The molecule has 12 nitrogen and oxygen atoms in total. The van der Waals surface area contributed by atoms with Gasteiger partial charge in [-0.2, -0.15) is 0 Å². The lowest BCUT2D eigenvalue weighted by atomic mass is 9.81. The van der Waals surface area contributed by atoms with E-state index >= 15 is 0 Å². The average Bonchev–Trinajstić information content (AvgIpc) is 3.19. The molecule has 0 saturated carbocycles. The van der Waals surface area contributed by atoms with Crippen LogP contribution in [0.3, 0.4) is 0 Å². The Labute approximate surface area is 320 Å². The highest BCUT2D eigenvalue weighted by atomic mass is 16.5. The number of ether oxygens (including phenoxy) is 6. The summed E-state index contributed by atoms with van der Waals surface area (Å²) >= 11 is 0. The smallest absolute Gasteiger partial charge is 0.338 e. The fourth-order valence-electron chi connectivity index (χ4n) is 7.79. The second-order valence-electron chi connectivity index (χ2n) is 13.4. The first-order valence-electron chi connectivity index (χ1n) is 17.7. The Morgan fingerprint density at radius 1 is 0.518 bits per heavy atom. The predicted octanol–water partition coefficient (Wildman–Crippen LogP) is 6.92. The molecule has 0 radical (unpaired) electrons. The molecular formula is C44H38O12. The van der Waals surface area contributed by atoms with Gasteiger partial charge in [-0.25, -0.2) is 9.59 Å². The summed E-state index contributed by atoms with van der Waals surface area (Å²) < 4.78 is 35.1. The normalized spacial score (nSPS) is 12.5. The van der Waals surface area contributed by atoms with Gasteiger partial charge in [0.25, 0.3) is 0 Å². The van der Waals surface area contributed by atoms with Crippen LogP contribution in [0.2, 0.25) is 0 Å². The molecule has 286 valence electrons. The third-order valence-corrected chi connectivity index (χ3v) is 10.0. The first-order chi connectivity index (χ1) is 26.9. The SMILES string of the molecule is COc1c(O)c2c(=O)cc(OC)c3c4c(OC)cc(=O)c5c(O)c(OC)c(CC(C)OC(=O)c6ccccc6)c(c(c1CC(C)OC(=O)c1ccccc1)c23)c54. The summed E-state index contributed by atoms with van der Waals surface area (Å²) in [6.07, 6.45) is -1.79. The van der Waals surface area contributed by atoms with Crippen molar-refractivity contribution in [3.63, 3.8) is 0 Å². The topological polar surface area (TPSA) is 164 Å². The minimum Gasteiger partial charge on any atom is -0.504 e. The van der Waals surface area contributed by atoms with E-state index in [9.17, 15) is 29.4 Å². The van der Waals surface area contributed by atoms with Crippen LogP contribution in [0.4, 0.5) is 0 Å². The number of esters is 2. The monoisotopic (exact) mass is 758 g/mol. The number of hydrogen-bond donors (Lipinski definition) is 2. The van der Waals surface area contributed by atoms with Gasteiger partial charge in [0.1, 0.15) is 23.7 Å². The van der Waals surface area contributed by atoms with Gasteiger partial charge < -0.3 is 38.6 Å². The highest BCUT2D eigenvalue weighted by Gasteiger charge is 2.34. The van der Waals surface area contributed by atoms with E-state index in [-0.39, 0.29) is 57.4 Å². The Hall–Kier alpha value is -6.82. The molecular weight excluding hydrogens is 720 g/mol. The van der Waals surface area contributed by atoms with Gasteiger partial charge in [-0.15, -0.1) is 0 Å². The van der Waals surface area contributed by atoms with Crippen LogP contribution in [-0.4, -0.2) is 62.8 Å². The molecule has 2 unspecified atom stereocenters. The van der Waals surface area contributed by atoms with Gasteiger partial charge in [0.15, 0.2) is 33.9 Å². The van der Waals surface area contributed by atoms with E-state index in [0.29, 0.717) is 43.8 Å². The molecule has 0 heterocycles. The summed E-state index contributed by atoms with van der Waals surface area (Å²) in [5.41, 5.74) is 0.0862. The summed E-state index contributed by atoms with van der Waals surface area (Å²) in [5, 5.41) is 25.3. The van der Waals surface area contributed by atoms with E-state index in [1.807, 2.05) is 0 Å². The van der Waals surface area contributed by atoms with Crippen LogP contribution in [-0.2, 0) is 22.3 Å². The number of methoxy groups -OCH3 is 4. The van der Waals surface area contributed by atoms with E-state index in [2.05, 4.69) is 0 Å². The van der Waals surface area contributed by atoms with E-state index < -0.39 is 46.5 Å². The second kappa shape index (κ2) is 14.8. The summed E-state index contributed by atoms with van der Waals surface area (Å²) in [5.74, 6) is -2.05. The van der Waals surface area contributed by atoms with Gasteiger partial charge in [-0.1, -0.05) is 36.4 Å². The van der Waals surface area contributed by atoms with Gasteiger partial charge in [0.05, 0.1) is 50.3 Å². The number of aromatic hydroxyl groups is 2. The fraction of sp³-hybridized carbons (Fsp3) is 0.227. The average molecular weight is 759 g/mol. The van der Waals surface area contributed by atoms with Crippen molar-refractivity contribution in [3.05, 3.63) is 115 Å². The van der Waals surface area contributed by atoms with Crippen LogP contribution >= 0.6 is 0 Å². The molecule has 0 aliphatic rings. The Balaban J connectivity index is 1.64. The molecule has 7 aromatic rings. The molecule has 0 bridgehead atoms. The molecule has 0 amide bonds. The molecule has 0 aromatic heterocycles. The highest BCUT2D eigenvalue weighted by Crippen LogP contribution is 2.55. The van der Waals surface area contributed by atoms with Gasteiger partial charge in [0, 0.05) is 57.6 Å². The standard InChI is InChI=1S/C44H38O12/c1-21(55-43(49)23-13-9-7-10-14-23)17-25-31-32-26(18-22(2)56-44(50)24-15-11-8-12-16-24)42(54-6)40(48)34-28(46)20-30(52-4)36(38(32)34)35-29(51-3)19-27(45)33(37(31)35)39(47)41(25)53-5/h7-16,19-22,47-48H,17-18H2,1-6H3. The minimum atomic E-state index is -0.837. The van der Waals surface area contributed by atoms with Crippen LogP contribution in [0.25, 0.3) is 43.1 Å². The van der Waals surface area contributed by atoms with Crippen molar-refractivity contribution in [1.29, 1.82) is 0 Å². The molecule has 56 heavy (non-hydrogen) atoms. The zero-order valence-electron chi connectivity index (χ0n) is 31.5. The van der Waals surface area contributed by atoms with Crippen LogP contribution in [0.1, 0.15) is 45.7 Å². The number of rotatable bonds is 12. The lowest BCUT2D eigenvalue weighted by Crippen LogP contribution is -2.20. The lowest BCUT2D eigenvalue weighted by Gasteiger charge is -2.26. The summed E-state index contributed by atoms with van der Waals surface area (Å²) in [4.78, 5) is 54.5. The van der Waals surface area contributed by atoms with Crippen molar-refractivity contribution >= 4 is 55.0 Å². The lowest BCUT2D eigenvalue weighted by molar-refractivity contribution is 0.0331. The maximum Gasteiger partial charge on any atom is 0.338 e. The Morgan fingerprint density at radius 3 is 1.20 bits per heavy atom. The quantitative estimate of drug-likeness (QED) is 0.0753. The summed E-state index contributed by atoms with van der Waals surface area (Å²) in [6, 6.07) is 19.3. The number of carbonyl (C=O) groups is 2. The first kappa shape index (κ1) is 37.5. The minimum absolute atomic E-state index is 0.0579. The Kier molecular flexibility index (Phi) is 9.90. The molecule has 0 saturated heterocycles. The van der Waals surface area contributed by atoms with Crippen LogP contribution in [0.5, 0.6) is 34.5 Å². The van der Waals surface area contributed by atoms with Crippen molar-refractivity contribution in [2.75, 3.05) is 28.4 Å². The van der Waals surface area contributed by atoms with E-state index in [4.69, 9.17) is 28.4 Å². The van der Waals surface area contributed by atoms with E-state index in [0.717, 1.165) is 0 Å². The molecule has 0 fully saturated rings. The third kappa shape index (κ3) is 6.03. The van der Waals surface area contributed by atoms with Crippen molar-refractivity contribution in [2.45, 2.75) is 38.9 Å². The third-order valence-electron chi connectivity index (χ3n) is 10.0. The van der Waals surface area contributed by atoms with Crippen molar-refractivity contribution < 1.29 is 48.2 Å². The van der Waals surface area contributed by atoms with Crippen molar-refractivity contribution in [3.8, 4) is 34.5 Å². The largest absolute Gasteiger partial charge is 0.504 e. The number of fused-ring (bicyclic) bond motifs is 2. The second-order valence-corrected chi connectivity index (χ2v) is 13.4. The Bertz CT molecular complexity index is 2570. The number of carbonyl (C=O) groups excluding carboxylic acids is 2. The molecule has 2 atom stereocenters. The number of phenolic OH excluding ortho intramolecular Hbond substituents is 2. The van der Waals surface area contributed by atoms with Crippen LogP contribution < -0.4 is 29.8 Å². The molecule has 7 aromatic carbocycles. The summed E-state index contributed by atoms with van der Waals surface area (Å²) in [7, 11) is 5.43. The van der Waals surface area contributed by atoms with E-state index in [1.165, 1.54) is 40.6 Å².